The van der Waals surface area contributed by atoms with Gasteiger partial charge in [0.2, 0.25) is 0 Å². The minimum atomic E-state index is 0.192. The summed E-state index contributed by atoms with van der Waals surface area (Å²) in [5.74, 6) is 2.56. The van der Waals surface area contributed by atoms with Gasteiger partial charge in [-0.25, -0.2) is 0 Å². The highest BCUT2D eigenvalue weighted by atomic mass is 16.5. The number of carbonyl (C=O) groups is 1. The van der Waals surface area contributed by atoms with Crippen molar-refractivity contribution in [1.82, 2.24) is 5.16 Å². The highest BCUT2D eigenvalue weighted by molar-refractivity contribution is 5.91. The predicted molar refractivity (Wildman–Crippen MR) is 65.5 cm³/mol. The summed E-state index contributed by atoms with van der Waals surface area (Å²) in [6.07, 6.45) is 3.24. The molecule has 0 saturated heterocycles. The maximum Gasteiger partial charge on any atom is 0.173 e. The molecule has 1 atom stereocenters. The Bertz CT molecular complexity index is 446. The molecule has 1 N–H and O–H groups in total. The number of anilines is 1. The van der Waals surface area contributed by atoms with Gasteiger partial charge in [-0.1, -0.05) is 19.0 Å². The molecule has 0 aliphatic heterocycles. The maximum atomic E-state index is 11.6. The van der Waals surface area contributed by atoms with E-state index in [1.807, 2.05) is 13.0 Å². The van der Waals surface area contributed by atoms with Gasteiger partial charge in [0.15, 0.2) is 11.6 Å². The van der Waals surface area contributed by atoms with Gasteiger partial charge >= 0.3 is 0 Å². The van der Waals surface area contributed by atoms with Crippen molar-refractivity contribution in [3.8, 4) is 0 Å². The Balaban J connectivity index is 2.08. The molecule has 1 aromatic rings. The van der Waals surface area contributed by atoms with E-state index in [2.05, 4.69) is 24.3 Å². The van der Waals surface area contributed by atoms with Crippen LogP contribution in [0.3, 0.4) is 0 Å². The summed E-state index contributed by atoms with van der Waals surface area (Å²) in [6.45, 7) is 6.15. The summed E-state index contributed by atoms with van der Waals surface area (Å²) in [6, 6.07) is 1.82. The molecule has 1 heterocycles. The zero-order chi connectivity index (χ0) is 12.4. The van der Waals surface area contributed by atoms with Crippen LogP contribution in [0, 0.1) is 18.8 Å². The molecule has 0 fully saturated rings. The molecule has 0 radical (unpaired) electrons. The highest BCUT2D eigenvalue weighted by Crippen LogP contribution is 2.28. The number of rotatable bonds is 3. The largest absolute Gasteiger partial charge is 0.360 e. The SMILES string of the molecule is Cc1cc(NC2=CC(=O)C[C@@H](C(C)C)C2)no1. The molecule has 0 aromatic carbocycles. The fourth-order valence-electron chi connectivity index (χ4n) is 2.07. The summed E-state index contributed by atoms with van der Waals surface area (Å²) in [5, 5.41) is 7.02. The van der Waals surface area contributed by atoms with E-state index < -0.39 is 0 Å². The molecule has 0 unspecified atom stereocenters. The first-order valence-corrected chi connectivity index (χ1v) is 5.98. The Morgan fingerprint density at radius 3 is 2.82 bits per heavy atom. The first kappa shape index (κ1) is 11.9. The number of hydrogen-bond donors (Lipinski definition) is 1. The van der Waals surface area contributed by atoms with Crippen LogP contribution in [0.25, 0.3) is 0 Å². The van der Waals surface area contributed by atoms with Crippen LogP contribution >= 0.6 is 0 Å². The second kappa shape index (κ2) is 4.73. The molecule has 0 saturated carbocycles. The third-order valence-corrected chi connectivity index (χ3v) is 3.14. The second-order valence-corrected chi connectivity index (χ2v) is 5.00. The molecule has 4 nitrogen and oxygen atoms in total. The van der Waals surface area contributed by atoms with Crippen molar-refractivity contribution < 1.29 is 9.32 Å². The molecule has 2 rings (SSSR count). The fourth-order valence-corrected chi connectivity index (χ4v) is 2.07. The van der Waals surface area contributed by atoms with Gasteiger partial charge in [-0.2, -0.15) is 0 Å². The minimum Gasteiger partial charge on any atom is -0.360 e. The second-order valence-electron chi connectivity index (χ2n) is 5.00. The Morgan fingerprint density at radius 2 is 2.24 bits per heavy atom. The average molecular weight is 234 g/mol. The number of carbonyl (C=O) groups excluding carboxylic acids is 1. The smallest absolute Gasteiger partial charge is 0.173 e. The number of nitrogens with one attached hydrogen (secondary N) is 1. The number of nitrogens with zero attached hydrogens (tertiary/aromatic N) is 1. The van der Waals surface area contributed by atoms with Gasteiger partial charge in [-0.05, 0) is 25.2 Å². The zero-order valence-corrected chi connectivity index (χ0v) is 10.5. The summed E-state index contributed by atoms with van der Waals surface area (Å²) in [7, 11) is 0. The quantitative estimate of drug-likeness (QED) is 0.873. The van der Waals surface area contributed by atoms with Crippen LogP contribution < -0.4 is 5.32 Å². The van der Waals surface area contributed by atoms with Crippen molar-refractivity contribution in [3.05, 3.63) is 23.6 Å². The summed E-state index contributed by atoms with van der Waals surface area (Å²) < 4.78 is 4.98. The van der Waals surface area contributed by atoms with Crippen LogP contribution in [0.2, 0.25) is 0 Å². The zero-order valence-electron chi connectivity index (χ0n) is 10.5. The van der Waals surface area contributed by atoms with Gasteiger partial charge in [-0.3, -0.25) is 4.79 Å². The fraction of sp³-hybridized carbons (Fsp3) is 0.538. The first-order valence-electron chi connectivity index (χ1n) is 5.98. The van der Waals surface area contributed by atoms with Crippen LogP contribution in [0.5, 0.6) is 0 Å². The van der Waals surface area contributed by atoms with Crippen molar-refractivity contribution in [2.45, 2.75) is 33.6 Å². The standard InChI is InChI=1S/C13H18N2O2/c1-8(2)10-5-11(7-12(16)6-10)14-13-4-9(3)17-15-13/h4,7-8,10H,5-6H2,1-3H3,(H,14,15)/t10-/m0/s1. The molecular weight excluding hydrogens is 216 g/mol. The van der Waals surface area contributed by atoms with Crippen molar-refractivity contribution in [2.75, 3.05) is 5.32 Å². The van der Waals surface area contributed by atoms with Gasteiger partial charge in [0, 0.05) is 24.3 Å². The van der Waals surface area contributed by atoms with Crippen molar-refractivity contribution in [1.29, 1.82) is 0 Å². The van der Waals surface area contributed by atoms with Gasteiger partial charge in [-0.15, -0.1) is 0 Å². The Labute approximate surface area is 101 Å². The van der Waals surface area contributed by atoms with E-state index in [1.165, 1.54) is 0 Å². The molecule has 17 heavy (non-hydrogen) atoms. The Morgan fingerprint density at radius 1 is 1.47 bits per heavy atom. The minimum absolute atomic E-state index is 0.192. The Kier molecular flexibility index (Phi) is 3.31. The predicted octanol–water partition coefficient (Wildman–Crippen LogP) is 2.91. The molecule has 1 aliphatic carbocycles. The Hall–Kier alpha value is -1.58. The molecule has 0 amide bonds. The molecule has 1 aromatic heterocycles. The lowest BCUT2D eigenvalue weighted by molar-refractivity contribution is -0.116. The van der Waals surface area contributed by atoms with Gasteiger partial charge < -0.3 is 9.84 Å². The number of ketones is 1. The number of aryl methyl sites for hydroxylation is 1. The van der Waals surface area contributed by atoms with Crippen LogP contribution in [-0.2, 0) is 4.79 Å². The van der Waals surface area contributed by atoms with Crippen LogP contribution in [-0.4, -0.2) is 10.9 Å². The first-order chi connectivity index (χ1) is 8.04. The van der Waals surface area contributed by atoms with E-state index in [-0.39, 0.29) is 5.78 Å². The normalized spacial score (nSPS) is 20.6. The monoisotopic (exact) mass is 234 g/mol. The number of allylic oxidation sites excluding steroid dienone is 2. The van der Waals surface area contributed by atoms with Crippen LogP contribution in [0.1, 0.15) is 32.4 Å². The molecule has 92 valence electrons. The van der Waals surface area contributed by atoms with Gasteiger partial charge in [0.05, 0.1) is 0 Å². The summed E-state index contributed by atoms with van der Waals surface area (Å²) in [4.78, 5) is 11.6. The average Bonchev–Trinajstić information content (AvgIpc) is 2.63. The molecule has 1 aliphatic rings. The maximum absolute atomic E-state index is 11.6. The third kappa shape index (κ3) is 2.96. The van der Waals surface area contributed by atoms with E-state index >= 15 is 0 Å². The van der Waals surface area contributed by atoms with E-state index in [0.717, 1.165) is 17.9 Å². The van der Waals surface area contributed by atoms with Gasteiger partial charge in [0.25, 0.3) is 0 Å². The molecule has 4 heteroatoms. The lowest BCUT2D eigenvalue weighted by Crippen LogP contribution is -2.21. The molecule has 0 spiro atoms. The number of hydrogen-bond acceptors (Lipinski definition) is 4. The third-order valence-electron chi connectivity index (χ3n) is 3.14. The summed E-state index contributed by atoms with van der Waals surface area (Å²) in [5.41, 5.74) is 0.938. The highest BCUT2D eigenvalue weighted by Gasteiger charge is 2.23. The topological polar surface area (TPSA) is 55.1 Å². The van der Waals surface area contributed by atoms with E-state index in [4.69, 9.17) is 4.52 Å². The molecular formula is C13H18N2O2. The van der Waals surface area contributed by atoms with Crippen LogP contribution in [0.4, 0.5) is 5.82 Å². The van der Waals surface area contributed by atoms with Crippen LogP contribution in [0.15, 0.2) is 22.4 Å². The van der Waals surface area contributed by atoms with Crippen molar-refractivity contribution in [2.24, 2.45) is 11.8 Å². The van der Waals surface area contributed by atoms with Crippen molar-refractivity contribution in [3.63, 3.8) is 0 Å². The van der Waals surface area contributed by atoms with Gasteiger partial charge in [0.1, 0.15) is 5.76 Å². The lowest BCUT2D eigenvalue weighted by atomic mass is 9.83. The lowest BCUT2D eigenvalue weighted by Gasteiger charge is -2.25. The summed E-state index contributed by atoms with van der Waals surface area (Å²) >= 11 is 0. The molecule has 0 bridgehead atoms. The van der Waals surface area contributed by atoms with Crippen molar-refractivity contribution >= 4 is 11.6 Å². The van der Waals surface area contributed by atoms with E-state index in [0.29, 0.717) is 24.1 Å². The number of aromatic nitrogens is 1. The van der Waals surface area contributed by atoms with E-state index in [1.54, 1.807) is 6.08 Å². The van der Waals surface area contributed by atoms with E-state index in [9.17, 15) is 4.79 Å².